The lowest BCUT2D eigenvalue weighted by atomic mass is 9.98. The molecule has 29 heavy (non-hydrogen) atoms. The molecule has 0 unspecified atom stereocenters. The summed E-state index contributed by atoms with van der Waals surface area (Å²) in [6.07, 6.45) is 3.79. The number of benzene rings is 4. The molecule has 0 aliphatic heterocycles. The van der Waals surface area contributed by atoms with E-state index in [2.05, 4.69) is 29.6 Å². The van der Waals surface area contributed by atoms with Gasteiger partial charge in [0.25, 0.3) is 5.91 Å². The smallest absolute Gasteiger partial charge is 0.266 e. The van der Waals surface area contributed by atoms with Crippen LogP contribution in [-0.4, -0.2) is 5.91 Å². The zero-order valence-corrected chi connectivity index (χ0v) is 15.8. The Labute approximate surface area is 168 Å². The van der Waals surface area contributed by atoms with Crippen molar-refractivity contribution < 1.29 is 4.79 Å². The van der Waals surface area contributed by atoms with Gasteiger partial charge in [-0.1, -0.05) is 66.7 Å². The largest absolute Gasteiger partial charge is 0.321 e. The molecule has 3 nitrogen and oxygen atoms in total. The van der Waals surface area contributed by atoms with Crippen LogP contribution in [0.25, 0.3) is 27.6 Å². The number of aryl methyl sites for hydroxylation is 2. The van der Waals surface area contributed by atoms with Crippen molar-refractivity contribution in [2.75, 3.05) is 5.32 Å². The maximum Gasteiger partial charge on any atom is 0.266 e. The van der Waals surface area contributed by atoms with Crippen LogP contribution in [0.1, 0.15) is 16.7 Å². The summed E-state index contributed by atoms with van der Waals surface area (Å²) in [6, 6.07) is 26.1. The summed E-state index contributed by atoms with van der Waals surface area (Å²) in [4.78, 5) is 12.9. The Balaban J connectivity index is 1.54. The van der Waals surface area contributed by atoms with Crippen molar-refractivity contribution in [2.45, 2.75) is 12.8 Å². The lowest BCUT2D eigenvalue weighted by molar-refractivity contribution is -0.112. The lowest BCUT2D eigenvalue weighted by Gasteiger charge is -2.09. The summed E-state index contributed by atoms with van der Waals surface area (Å²) in [7, 11) is 0. The average Bonchev–Trinajstić information content (AvgIpc) is 3.18. The van der Waals surface area contributed by atoms with E-state index in [4.69, 9.17) is 0 Å². The summed E-state index contributed by atoms with van der Waals surface area (Å²) in [5, 5.41) is 16.9. The van der Waals surface area contributed by atoms with Gasteiger partial charge >= 0.3 is 0 Å². The van der Waals surface area contributed by atoms with E-state index in [0.717, 1.165) is 34.6 Å². The number of carbonyl (C=O) groups excluding carboxylic acids is 1. The summed E-state index contributed by atoms with van der Waals surface area (Å²) < 4.78 is 0. The van der Waals surface area contributed by atoms with Gasteiger partial charge in [-0.05, 0) is 57.8 Å². The fourth-order valence-corrected chi connectivity index (χ4v) is 4.22. The number of hydrogen-bond acceptors (Lipinski definition) is 2. The van der Waals surface area contributed by atoms with Crippen LogP contribution in [0.3, 0.4) is 0 Å². The van der Waals surface area contributed by atoms with Gasteiger partial charge in [0.15, 0.2) is 0 Å². The van der Waals surface area contributed by atoms with Gasteiger partial charge < -0.3 is 5.32 Å². The molecule has 0 bridgehead atoms. The Bertz CT molecular complexity index is 1340. The van der Waals surface area contributed by atoms with Crippen LogP contribution in [0.2, 0.25) is 0 Å². The van der Waals surface area contributed by atoms with Gasteiger partial charge in [-0.15, -0.1) is 0 Å². The first-order chi connectivity index (χ1) is 14.2. The first kappa shape index (κ1) is 17.2. The zero-order valence-electron chi connectivity index (χ0n) is 15.8. The van der Waals surface area contributed by atoms with Crippen LogP contribution in [0.4, 0.5) is 5.69 Å². The van der Waals surface area contributed by atoms with E-state index >= 15 is 0 Å². The summed E-state index contributed by atoms with van der Waals surface area (Å²) >= 11 is 0. The molecule has 0 aromatic heterocycles. The Hall–Kier alpha value is -3.90. The molecule has 1 N–H and O–H groups in total. The molecule has 3 heteroatoms. The highest BCUT2D eigenvalue weighted by Crippen LogP contribution is 2.33. The van der Waals surface area contributed by atoms with Crippen LogP contribution in [0, 0.1) is 11.3 Å². The van der Waals surface area contributed by atoms with Gasteiger partial charge in [0, 0.05) is 11.1 Å². The molecular weight excluding hydrogens is 356 g/mol. The molecule has 0 radical (unpaired) electrons. The van der Waals surface area contributed by atoms with E-state index in [0.29, 0.717) is 5.69 Å². The van der Waals surface area contributed by atoms with E-state index in [1.165, 1.54) is 16.5 Å². The fourth-order valence-electron chi connectivity index (χ4n) is 4.22. The summed E-state index contributed by atoms with van der Waals surface area (Å²) in [5.74, 6) is -0.396. The highest BCUT2D eigenvalue weighted by Gasteiger charge is 2.17. The number of hydrogen-bond donors (Lipinski definition) is 1. The van der Waals surface area contributed by atoms with E-state index in [1.54, 1.807) is 6.08 Å². The molecule has 0 saturated heterocycles. The quantitative estimate of drug-likeness (QED) is 0.373. The minimum Gasteiger partial charge on any atom is -0.321 e. The maximum atomic E-state index is 12.9. The van der Waals surface area contributed by atoms with Gasteiger partial charge in [0.2, 0.25) is 0 Å². The molecule has 1 aliphatic carbocycles. The van der Waals surface area contributed by atoms with Gasteiger partial charge in [0.05, 0.1) is 0 Å². The Morgan fingerprint density at radius 2 is 1.59 bits per heavy atom. The second kappa shape index (κ2) is 6.92. The van der Waals surface area contributed by atoms with Crippen molar-refractivity contribution in [1.29, 1.82) is 5.26 Å². The number of nitrogens with one attached hydrogen (secondary N) is 1. The van der Waals surface area contributed by atoms with Crippen LogP contribution in [-0.2, 0) is 17.6 Å². The molecule has 0 spiro atoms. The maximum absolute atomic E-state index is 12.9. The van der Waals surface area contributed by atoms with Crippen LogP contribution in [0.5, 0.6) is 0 Å². The minimum absolute atomic E-state index is 0.0941. The summed E-state index contributed by atoms with van der Waals surface area (Å²) in [6.45, 7) is 0. The molecule has 4 aromatic rings. The number of amides is 1. The van der Waals surface area contributed by atoms with Gasteiger partial charge in [-0.25, -0.2) is 0 Å². The third kappa shape index (κ3) is 2.96. The first-order valence-corrected chi connectivity index (χ1v) is 9.69. The number of fused-ring (bicyclic) bond motifs is 1. The minimum atomic E-state index is -0.396. The predicted molar refractivity (Wildman–Crippen MR) is 118 cm³/mol. The molecular formula is C26H18N2O. The monoisotopic (exact) mass is 374 g/mol. The van der Waals surface area contributed by atoms with Crippen molar-refractivity contribution in [3.63, 3.8) is 0 Å². The Morgan fingerprint density at radius 1 is 0.862 bits per heavy atom. The number of carbonyl (C=O) groups is 1. The number of nitriles is 1. The molecule has 1 amide bonds. The van der Waals surface area contributed by atoms with Gasteiger partial charge in [-0.2, -0.15) is 5.26 Å². The predicted octanol–water partition coefficient (Wildman–Crippen LogP) is 5.64. The van der Waals surface area contributed by atoms with E-state index < -0.39 is 5.91 Å². The Kier molecular flexibility index (Phi) is 4.11. The third-order valence-electron chi connectivity index (χ3n) is 5.61. The normalized spacial score (nSPS) is 12.9. The highest BCUT2D eigenvalue weighted by atomic mass is 16.1. The SMILES string of the molecule is N#C/C(=C\c1ccc2c3c(cccc13)CC2)C(=O)Nc1cccc2ccccc12. The molecule has 0 heterocycles. The Morgan fingerprint density at radius 3 is 2.45 bits per heavy atom. The van der Waals surface area contributed by atoms with Crippen molar-refractivity contribution in [3.8, 4) is 6.07 Å². The van der Waals surface area contributed by atoms with E-state index in [9.17, 15) is 10.1 Å². The first-order valence-electron chi connectivity index (χ1n) is 9.69. The fraction of sp³-hybridized carbons (Fsp3) is 0.0769. The second-order valence-electron chi connectivity index (χ2n) is 7.30. The molecule has 4 aromatic carbocycles. The number of nitrogens with zero attached hydrogens (tertiary/aromatic N) is 1. The van der Waals surface area contributed by atoms with Crippen molar-refractivity contribution in [3.05, 3.63) is 95.1 Å². The van der Waals surface area contributed by atoms with Crippen LogP contribution >= 0.6 is 0 Å². The number of anilines is 1. The second-order valence-corrected chi connectivity index (χ2v) is 7.30. The standard InChI is InChI=1S/C26H18N2O/c27-16-21(26(29)28-24-10-4-6-17-5-1-2-8-22(17)24)15-20-14-13-19-12-11-18-7-3-9-23(20)25(18)19/h1-10,13-15H,11-12H2,(H,28,29)/b21-15+. The molecule has 5 rings (SSSR count). The molecule has 0 saturated carbocycles. The molecule has 0 fully saturated rings. The molecule has 1 aliphatic rings. The van der Waals surface area contributed by atoms with E-state index in [-0.39, 0.29) is 5.57 Å². The van der Waals surface area contributed by atoms with Crippen LogP contribution in [0.15, 0.2) is 78.4 Å². The topological polar surface area (TPSA) is 52.9 Å². The van der Waals surface area contributed by atoms with Crippen molar-refractivity contribution in [1.82, 2.24) is 0 Å². The molecule has 0 atom stereocenters. The third-order valence-corrected chi connectivity index (χ3v) is 5.61. The van der Waals surface area contributed by atoms with Crippen molar-refractivity contribution in [2.24, 2.45) is 0 Å². The van der Waals surface area contributed by atoms with Gasteiger partial charge in [0.1, 0.15) is 11.6 Å². The lowest BCUT2D eigenvalue weighted by Crippen LogP contribution is -2.13. The van der Waals surface area contributed by atoms with E-state index in [1.807, 2.05) is 54.6 Å². The number of rotatable bonds is 3. The van der Waals surface area contributed by atoms with Crippen LogP contribution < -0.4 is 5.32 Å². The molecule has 138 valence electrons. The van der Waals surface area contributed by atoms with Gasteiger partial charge in [-0.3, -0.25) is 4.79 Å². The van der Waals surface area contributed by atoms with Crippen molar-refractivity contribution >= 4 is 39.2 Å². The average molecular weight is 374 g/mol. The highest BCUT2D eigenvalue weighted by molar-refractivity contribution is 6.13. The zero-order chi connectivity index (χ0) is 19.8. The summed E-state index contributed by atoms with van der Waals surface area (Å²) in [5.41, 5.74) is 4.38.